The van der Waals surface area contributed by atoms with Crippen LogP contribution in [-0.4, -0.2) is 44.8 Å². The van der Waals surface area contributed by atoms with E-state index >= 15 is 0 Å². The number of rotatable bonds is 2. The quantitative estimate of drug-likeness (QED) is 0.463. The van der Waals surface area contributed by atoms with Gasteiger partial charge in [-0.3, -0.25) is 4.31 Å². The molecule has 0 amide bonds. The fourth-order valence-electron chi connectivity index (χ4n) is 2.35. The van der Waals surface area contributed by atoms with E-state index in [1.807, 2.05) is 6.26 Å². The van der Waals surface area contributed by atoms with Crippen molar-refractivity contribution in [3.05, 3.63) is 30.0 Å². The summed E-state index contributed by atoms with van der Waals surface area (Å²) in [6.45, 7) is 0. The number of carbonyl (C=O) groups is 1. The van der Waals surface area contributed by atoms with Crippen LogP contribution in [0.1, 0.15) is 10.4 Å². The molecule has 9 heteroatoms. The van der Waals surface area contributed by atoms with Gasteiger partial charge in [-0.15, -0.1) is 0 Å². The number of esters is 1. The van der Waals surface area contributed by atoms with Gasteiger partial charge >= 0.3 is 5.97 Å². The molecule has 0 atom stereocenters. The second-order valence-electron chi connectivity index (χ2n) is 4.77. The van der Waals surface area contributed by atoms with Gasteiger partial charge in [0.2, 0.25) is 0 Å². The third-order valence-corrected chi connectivity index (χ3v) is 5.90. The first-order valence-corrected chi connectivity index (χ1v) is 9.19. The van der Waals surface area contributed by atoms with Crippen molar-refractivity contribution in [2.24, 2.45) is 0 Å². The summed E-state index contributed by atoms with van der Waals surface area (Å²) in [5.41, 5.74) is 1.62. The van der Waals surface area contributed by atoms with Crippen molar-refractivity contribution in [2.45, 2.75) is 10.1 Å². The van der Waals surface area contributed by atoms with Crippen molar-refractivity contribution in [3.63, 3.8) is 0 Å². The summed E-state index contributed by atoms with van der Waals surface area (Å²) in [5.74, 6) is -0.531. The Morgan fingerprint density at radius 2 is 2.09 bits per heavy atom. The highest BCUT2D eigenvalue weighted by Gasteiger charge is 2.34. The molecule has 0 saturated heterocycles. The van der Waals surface area contributed by atoms with Gasteiger partial charge in [0.1, 0.15) is 4.90 Å². The molecule has 2 heterocycles. The molecule has 1 aromatic heterocycles. The number of aromatic nitrogens is 2. The first kappa shape index (κ1) is 15.8. The number of sulfonamides is 1. The van der Waals surface area contributed by atoms with Gasteiger partial charge in [0.25, 0.3) is 10.0 Å². The average molecular weight is 351 g/mol. The number of hydrogen-bond donors (Lipinski definition) is 0. The summed E-state index contributed by atoms with van der Waals surface area (Å²) >= 11 is 1.32. The smallest absolute Gasteiger partial charge is 0.337 e. The van der Waals surface area contributed by atoms with Gasteiger partial charge < -0.3 is 4.74 Å². The van der Waals surface area contributed by atoms with Gasteiger partial charge in [0.15, 0.2) is 5.16 Å². The number of fused-ring (bicyclic) bond motifs is 3. The summed E-state index contributed by atoms with van der Waals surface area (Å²) in [4.78, 5) is 20.1. The number of ether oxygens (including phenoxy) is 1. The van der Waals surface area contributed by atoms with E-state index in [0.717, 1.165) is 4.31 Å². The third kappa shape index (κ3) is 2.36. The molecule has 1 aliphatic heterocycles. The van der Waals surface area contributed by atoms with Crippen LogP contribution in [0.2, 0.25) is 0 Å². The number of methoxy groups -OCH3 is 1. The van der Waals surface area contributed by atoms with E-state index in [1.165, 1.54) is 38.2 Å². The Labute approximate surface area is 137 Å². The summed E-state index contributed by atoms with van der Waals surface area (Å²) < 4.78 is 31.1. The normalized spacial score (nSPS) is 14.8. The predicted octanol–water partition coefficient (Wildman–Crippen LogP) is 1.79. The predicted molar refractivity (Wildman–Crippen MR) is 86.2 cm³/mol. The molecule has 0 bridgehead atoms. The molecule has 1 aliphatic rings. The van der Waals surface area contributed by atoms with E-state index in [4.69, 9.17) is 0 Å². The van der Waals surface area contributed by atoms with E-state index in [1.54, 1.807) is 12.1 Å². The minimum Gasteiger partial charge on any atom is -0.465 e. The van der Waals surface area contributed by atoms with Crippen LogP contribution < -0.4 is 4.31 Å². The minimum atomic E-state index is -3.76. The van der Waals surface area contributed by atoms with Crippen LogP contribution in [-0.2, 0) is 14.8 Å². The maximum Gasteiger partial charge on any atom is 0.337 e. The zero-order valence-electron chi connectivity index (χ0n) is 12.6. The zero-order chi connectivity index (χ0) is 16.8. The average Bonchev–Trinajstić information content (AvgIpc) is 2.58. The van der Waals surface area contributed by atoms with Crippen molar-refractivity contribution in [1.82, 2.24) is 9.97 Å². The molecule has 120 valence electrons. The highest BCUT2D eigenvalue weighted by atomic mass is 32.2. The number of carbonyl (C=O) groups excluding carboxylic acids is 1. The molecule has 0 saturated carbocycles. The van der Waals surface area contributed by atoms with Crippen molar-refractivity contribution >= 4 is 33.4 Å². The lowest BCUT2D eigenvalue weighted by Crippen LogP contribution is -2.31. The fourth-order valence-corrected chi connectivity index (χ4v) is 3.98. The largest absolute Gasteiger partial charge is 0.465 e. The summed E-state index contributed by atoms with van der Waals surface area (Å²) in [7, 11) is -1.06. The molecule has 2 aromatic rings. The molecule has 0 fully saturated rings. The number of anilines is 1. The van der Waals surface area contributed by atoms with Crippen molar-refractivity contribution < 1.29 is 17.9 Å². The Hall–Kier alpha value is -2.13. The Kier molecular flexibility index (Phi) is 3.77. The van der Waals surface area contributed by atoms with Gasteiger partial charge in [-0.25, -0.2) is 23.2 Å². The molecular weight excluding hydrogens is 338 g/mol. The molecule has 0 unspecified atom stereocenters. The van der Waals surface area contributed by atoms with Crippen LogP contribution in [0.15, 0.2) is 34.4 Å². The van der Waals surface area contributed by atoms with Gasteiger partial charge in [-0.2, -0.15) is 0 Å². The first-order valence-electron chi connectivity index (χ1n) is 6.53. The van der Waals surface area contributed by atoms with Crippen LogP contribution >= 0.6 is 11.8 Å². The van der Waals surface area contributed by atoms with E-state index in [2.05, 4.69) is 14.7 Å². The second kappa shape index (κ2) is 5.50. The molecule has 0 spiro atoms. The van der Waals surface area contributed by atoms with E-state index < -0.39 is 16.0 Å². The fraction of sp³-hybridized carbons (Fsp3) is 0.214. The number of thioether (sulfide) groups is 1. The number of hydrogen-bond acceptors (Lipinski definition) is 7. The highest BCUT2D eigenvalue weighted by Crippen LogP contribution is 2.41. The van der Waals surface area contributed by atoms with Gasteiger partial charge in [0.05, 0.1) is 30.3 Å². The lowest BCUT2D eigenvalue weighted by molar-refractivity contribution is 0.0601. The number of nitrogens with zero attached hydrogens (tertiary/aromatic N) is 3. The highest BCUT2D eigenvalue weighted by molar-refractivity contribution is 7.98. The van der Waals surface area contributed by atoms with Crippen LogP contribution in [0.5, 0.6) is 0 Å². The van der Waals surface area contributed by atoms with Gasteiger partial charge in [-0.1, -0.05) is 11.8 Å². The minimum absolute atomic E-state index is 0.0520. The Morgan fingerprint density at radius 1 is 1.35 bits per heavy atom. The second-order valence-corrected chi connectivity index (χ2v) is 7.48. The van der Waals surface area contributed by atoms with Gasteiger partial charge in [-0.05, 0) is 24.5 Å². The monoisotopic (exact) mass is 351 g/mol. The maximum atomic E-state index is 12.6. The summed E-state index contributed by atoms with van der Waals surface area (Å²) in [5, 5.41) is 0.478. The molecular formula is C14H13N3O4S2. The van der Waals surface area contributed by atoms with Crippen LogP contribution in [0.4, 0.5) is 5.69 Å². The Bertz CT molecular complexity index is 912. The topological polar surface area (TPSA) is 89.5 Å². The van der Waals surface area contributed by atoms with Crippen LogP contribution in [0, 0.1) is 0 Å². The Balaban J connectivity index is 2.31. The zero-order valence-corrected chi connectivity index (χ0v) is 14.2. The van der Waals surface area contributed by atoms with Crippen LogP contribution in [0.25, 0.3) is 11.3 Å². The molecule has 23 heavy (non-hydrogen) atoms. The van der Waals surface area contributed by atoms with Gasteiger partial charge in [0, 0.05) is 12.6 Å². The Morgan fingerprint density at radius 3 is 2.74 bits per heavy atom. The van der Waals surface area contributed by atoms with Crippen molar-refractivity contribution in [3.8, 4) is 11.3 Å². The molecule has 0 N–H and O–H groups in total. The molecule has 0 radical (unpaired) electrons. The standard InChI is InChI=1S/C14H13N3O4S2/c1-17-10-6-8(13(18)21-2)4-5-9(10)12-11(23(17,19)20)7-15-14(16-12)22-3/h4-7H,1-3H3. The van der Waals surface area contributed by atoms with E-state index in [9.17, 15) is 13.2 Å². The third-order valence-electron chi connectivity index (χ3n) is 3.57. The van der Waals surface area contributed by atoms with Crippen molar-refractivity contribution in [2.75, 3.05) is 24.7 Å². The molecule has 3 rings (SSSR count). The van der Waals surface area contributed by atoms with E-state index in [-0.39, 0.29) is 10.5 Å². The summed E-state index contributed by atoms with van der Waals surface area (Å²) in [6, 6.07) is 4.74. The van der Waals surface area contributed by atoms with Crippen molar-refractivity contribution in [1.29, 1.82) is 0 Å². The van der Waals surface area contributed by atoms with Crippen LogP contribution in [0.3, 0.4) is 0 Å². The summed E-state index contributed by atoms with van der Waals surface area (Å²) in [6.07, 6.45) is 3.13. The molecule has 1 aromatic carbocycles. The number of benzene rings is 1. The first-order chi connectivity index (χ1) is 10.9. The molecule has 7 nitrogen and oxygen atoms in total. The lowest BCUT2D eigenvalue weighted by atomic mass is 10.1. The molecule has 0 aliphatic carbocycles. The maximum absolute atomic E-state index is 12.6. The van der Waals surface area contributed by atoms with E-state index in [0.29, 0.717) is 22.1 Å². The lowest BCUT2D eigenvalue weighted by Gasteiger charge is -2.28. The SMILES string of the molecule is COC(=O)c1ccc2c(c1)N(C)S(=O)(=O)c1cnc(SC)nc1-2.